The van der Waals surface area contributed by atoms with Crippen LogP contribution in [0.5, 0.6) is 0 Å². The molecule has 0 aliphatic heterocycles. The first kappa shape index (κ1) is 14.2. The van der Waals surface area contributed by atoms with Gasteiger partial charge in [-0.15, -0.1) is 0 Å². The summed E-state index contributed by atoms with van der Waals surface area (Å²) < 4.78 is 2.19. The molecule has 2 N–H and O–H groups in total. The molecule has 6 heteroatoms. The van der Waals surface area contributed by atoms with Gasteiger partial charge >= 0.3 is 0 Å². The van der Waals surface area contributed by atoms with Gasteiger partial charge in [0.1, 0.15) is 5.69 Å². The SMILES string of the molecule is O=C(NCc1ccccn1)c1c[nH]c(=S)n1-c1ccccc1. The minimum Gasteiger partial charge on any atom is -0.345 e. The average molecular weight is 310 g/mol. The summed E-state index contributed by atoms with van der Waals surface area (Å²) in [5.41, 5.74) is 2.11. The lowest BCUT2D eigenvalue weighted by Gasteiger charge is -2.08. The zero-order chi connectivity index (χ0) is 15.4. The first-order valence-corrected chi connectivity index (χ1v) is 7.20. The van der Waals surface area contributed by atoms with Crippen molar-refractivity contribution in [2.75, 3.05) is 0 Å². The van der Waals surface area contributed by atoms with Crippen LogP contribution < -0.4 is 5.32 Å². The van der Waals surface area contributed by atoms with E-state index in [9.17, 15) is 4.79 Å². The van der Waals surface area contributed by atoms with Gasteiger partial charge in [-0.2, -0.15) is 0 Å². The number of nitrogens with one attached hydrogen (secondary N) is 2. The Kier molecular flexibility index (Phi) is 4.11. The van der Waals surface area contributed by atoms with Crippen molar-refractivity contribution >= 4 is 18.1 Å². The monoisotopic (exact) mass is 310 g/mol. The van der Waals surface area contributed by atoms with E-state index in [1.165, 1.54) is 0 Å². The van der Waals surface area contributed by atoms with Gasteiger partial charge in [0.15, 0.2) is 4.77 Å². The molecule has 0 saturated heterocycles. The number of pyridine rings is 1. The third-order valence-corrected chi connectivity index (χ3v) is 3.48. The van der Waals surface area contributed by atoms with E-state index in [-0.39, 0.29) is 5.91 Å². The van der Waals surface area contributed by atoms with Crippen LogP contribution in [0.15, 0.2) is 60.9 Å². The summed E-state index contributed by atoms with van der Waals surface area (Å²) >= 11 is 5.27. The number of H-pyrrole nitrogens is 1. The molecule has 110 valence electrons. The van der Waals surface area contributed by atoms with Gasteiger partial charge in [0.2, 0.25) is 0 Å². The number of imidazole rings is 1. The molecule has 1 amide bonds. The predicted molar refractivity (Wildman–Crippen MR) is 86.4 cm³/mol. The second-order valence-electron chi connectivity index (χ2n) is 4.65. The first-order valence-electron chi connectivity index (χ1n) is 6.79. The fourth-order valence-electron chi connectivity index (χ4n) is 2.13. The molecule has 5 nitrogen and oxygen atoms in total. The van der Waals surface area contributed by atoms with Crippen LogP contribution in [-0.2, 0) is 6.54 Å². The third kappa shape index (κ3) is 2.96. The van der Waals surface area contributed by atoms with Gasteiger partial charge in [0, 0.05) is 18.1 Å². The van der Waals surface area contributed by atoms with Gasteiger partial charge in [-0.1, -0.05) is 24.3 Å². The van der Waals surface area contributed by atoms with Crippen molar-refractivity contribution in [2.45, 2.75) is 6.54 Å². The zero-order valence-electron chi connectivity index (χ0n) is 11.7. The minimum atomic E-state index is -0.207. The predicted octanol–water partition coefficient (Wildman–Crippen LogP) is 2.86. The van der Waals surface area contributed by atoms with E-state index in [0.717, 1.165) is 11.4 Å². The van der Waals surface area contributed by atoms with E-state index in [1.807, 2.05) is 48.5 Å². The molecular weight excluding hydrogens is 296 g/mol. The van der Waals surface area contributed by atoms with Crippen LogP contribution in [-0.4, -0.2) is 20.4 Å². The number of rotatable bonds is 4. The van der Waals surface area contributed by atoms with Crippen LogP contribution in [0.3, 0.4) is 0 Å². The van der Waals surface area contributed by atoms with Crippen molar-refractivity contribution in [3.63, 3.8) is 0 Å². The Morgan fingerprint density at radius 1 is 1.18 bits per heavy atom. The van der Waals surface area contributed by atoms with Gasteiger partial charge in [-0.3, -0.25) is 14.3 Å². The quantitative estimate of drug-likeness (QED) is 0.728. The van der Waals surface area contributed by atoms with Gasteiger partial charge in [-0.05, 0) is 36.5 Å². The third-order valence-electron chi connectivity index (χ3n) is 3.18. The minimum absolute atomic E-state index is 0.207. The molecule has 0 spiro atoms. The number of benzene rings is 1. The number of carbonyl (C=O) groups excluding carboxylic acids is 1. The zero-order valence-corrected chi connectivity index (χ0v) is 12.5. The van der Waals surface area contributed by atoms with Gasteiger partial charge in [0.05, 0.1) is 12.2 Å². The molecule has 22 heavy (non-hydrogen) atoms. The highest BCUT2D eigenvalue weighted by Crippen LogP contribution is 2.12. The highest BCUT2D eigenvalue weighted by molar-refractivity contribution is 7.71. The molecule has 2 heterocycles. The Morgan fingerprint density at radius 2 is 1.95 bits per heavy atom. The summed E-state index contributed by atoms with van der Waals surface area (Å²) in [4.78, 5) is 19.5. The normalized spacial score (nSPS) is 10.4. The van der Waals surface area contributed by atoms with Crippen molar-refractivity contribution in [1.82, 2.24) is 19.9 Å². The van der Waals surface area contributed by atoms with Gasteiger partial charge in [-0.25, -0.2) is 0 Å². The Hall–Kier alpha value is -2.73. The van der Waals surface area contributed by atoms with Crippen LogP contribution in [0, 0.1) is 4.77 Å². The van der Waals surface area contributed by atoms with E-state index in [1.54, 1.807) is 17.0 Å². The molecule has 0 unspecified atom stereocenters. The van der Waals surface area contributed by atoms with E-state index in [2.05, 4.69) is 15.3 Å². The van der Waals surface area contributed by atoms with E-state index in [0.29, 0.717) is 17.0 Å². The summed E-state index contributed by atoms with van der Waals surface area (Å²) in [6, 6.07) is 15.1. The first-order chi connectivity index (χ1) is 10.8. The number of amides is 1. The molecule has 0 bridgehead atoms. The molecule has 0 radical (unpaired) electrons. The van der Waals surface area contributed by atoms with Crippen molar-refractivity contribution in [3.8, 4) is 5.69 Å². The Bertz CT molecular complexity index is 824. The summed E-state index contributed by atoms with van der Waals surface area (Å²) in [5.74, 6) is -0.207. The fraction of sp³-hybridized carbons (Fsp3) is 0.0625. The molecular formula is C16H14N4OS. The highest BCUT2D eigenvalue weighted by atomic mass is 32.1. The number of aromatic amines is 1. The molecule has 3 aromatic rings. The van der Waals surface area contributed by atoms with Crippen LogP contribution >= 0.6 is 12.2 Å². The van der Waals surface area contributed by atoms with Crippen molar-refractivity contribution < 1.29 is 4.79 Å². The van der Waals surface area contributed by atoms with Crippen LogP contribution in [0.2, 0.25) is 0 Å². The lowest BCUT2D eigenvalue weighted by molar-refractivity contribution is 0.0943. The Balaban J connectivity index is 1.83. The summed E-state index contributed by atoms with van der Waals surface area (Å²) in [5, 5.41) is 2.85. The van der Waals surface area contributed by atoms with Crippen LogP contribution in [0.1, 0.15) is 16.2 Å². The van der Waals surface area contributed by atoms with E-state index >= 15 is 0 Å². The fourth-order valence-corrected chi connectivity index (χ4v) is 2.40. The second-order valence-corrected chi connectivity index (χ2v) is 5.04. The number of hydrogen-bond donors (Lipinski definition) is 2. The van der Waals surface area contributed by atoms with Crippen LogP contribution in [0.25, 0.3) is 5.69 Å². The van der Waals surface area contributed by atoms with Crippen molar-refractivity contribution in [1.29, 1.82) is 0 Å². The number of para-hydroxylation sites is 1. The molecule has 3 rings (SSSR count). The molecule has 0 aliphatic carbocycles. The van der Waals surface area contributed by atoms with Gasteiger partial charge < -0.3 is 10.3 Å². The largest absolute Gasteiger partial charge is 0.345 e. The molecule has 1 aromatic carbocycles. The summed E-state index contributed by atoms with van der Waals surface area (Å²) in [6.45, 7) is 0.367. The number of hydrogen-bond acceptors (Lipinski definition) is 3. The highest BCUT2D eigenvalue weighted by Gasteiger charge is 2.14. The maximum Gasteiger partial charge on any atom is 0.270 e. The maximum atomic E-state index is 12.4. The molecule has 0 fully saturated rings. The van der Waals surface area contributed by atoms with Crippen molar-refractivity contribution in [2.24, 2.45) is 0 Å². The topological polar surface area (TPSA) is 62.7 Å². The maximum absolute atomic E-state index is 12.4. The number of aromatic nitrogens is 3. The molecule has 0 saturated carbocycles. The number of nitrogens with zero attached hydrogens (tertiary/aromatic N) is 2. The Labute approximate surface area is 132 Å². The molecule has 2 aromatic heterocycles. The standard InChI is InChI=1S/C16H14N4OS/c21-15(18-10-12-6-4-5-9-17-12)14-11-19-16(22)20(14)13-7-2-1-3-8-13/h1-9,11H,10H2,(H,18,21)(H,19,22). The Morgan fingerprint density at radius 3 is 2.68 bits per heavy atom. The average Bonchev–Trinajstić information content (AvgIpc) is 2.96. The van der Waals surface area contributed by atoms with Crippen LogP contribution in [0.4, 0.5) is 0 Å². The molecule has 0 aliphatic rings. The van der Waals surface area contributed by atoms with Crippen molar-refractivity contribution in [3.05, 3.63) is 77.1 Å². The lowest BCUT2D eigenvalue weighted by Crippen LogP contribution is -2.25. The molecule has 0 atom stereocenters. The van der Waals surface area contributed by atoms with Gasteiger partial charge in [0.25, 0.3) is 5.91 Å². The lowest BCUT2D eigenvalue weighted by atomic mass is 10.3. The summed E-state index contributed by atoms with van der Waals surface area (Å²) in [7, 11) is 0. The van der Waals surface area contributed by atoms with E-state index in [4.69, 9.17) is 12.2 Å². The number of carbonyl (C=O) groups is 1. The van der Waals surface area contributed by atoms with E-state index < -0.39 is 0 Å². The smallest absolute Gasteiger partial charge is 0.270 e. The summed E-state index contributed by atoms with van der Waals surface area (Å²) in [6.07, 6.45) is 3.31. The second kappa shape index (κ2) is 6.36.